The molecule has 0 bridgehead atoms. The number of primary amides is 1. The predicted molar refractivity (Wildman–Crippen MR) is 103 cm³/mol. The van der Waals surface area contributed by atoms with Gasteiger partial charge in [-0.15, -0.1) is 0 Å². The van der Waals surface area contributed by atoms with Gasteiger partial charge in [0, 0.05) is 28.0 Å². The molecule has 3 rings (SSSR count). The standard InChI is InChI=1S/C20H18Cl2N2O/c1-13-18(20(23)25)12-19(15-5-7-16(21)8-6-15)24(13)10-9-14-3-2-4-17(22)11-14/h2-8,11-12H,9-10H2,1H3,(H2,23,25). The molecule has 0 atom stereocenters. The molecule has 2 aromatic carbocycles. The summed E-state index contributed by atoms with van der Waals surface area (Å²) in [5.74, 6) is -0.422. The Hall–Kier alpha value is -2.23. The van der Waals surface area contributed by atoms with Crippen molar-refractivity contribution < 1.29 is 4.79 Å². The number of rotatable bonds is 5. The molecular formula is C20H18Cl2N2O. The molecule has 0 saturated carbocycles. The Balaban J connectivity index is 1.98. The zero-order valence-electron chi connectivity index (χ0n) is 13.8. The molecule has 0 fully saturated rings. The van der Waals surface area contributed by atoms with Gasteiger partial charge in [-0.05, 0) is 54.8 Å². The molecule has 128 valence electrons. The lowest BCUT2D eigenvalue weighted by Crippen LogP contribution is -2.13. The highest BCUT2D eigenvalue weighted by Crippen LogP contribution is 2.27. The van der Waals surface area contributed by atoms with Crippen LogP contribution in [0.4, 0.5) is 0 Å². The van der Waals surface area contributed by atoms with Crippen LogP contribution in [-0.2, 0) is 13.0 Å². The number of halogens is 2. The highest BCUT2D eigenvalue weighted by Gasteiger charge is 2.16. The number of carbonyl (C=O) groups excluding carboxylic acids is 1. The van der Waals surface area contributed by atoms with Gasteiger partial charge in [0.2, 0.25) is 0 Å². The summed E-state index contributed by atoms with van der Waals surface area (Å²) in [5, 5.41) is 1.39. The Kier molecular flexibility index (Phi) is 5.16. The second-order valence-corrected chi connectivity index (χ2v) is 6.80. The highest BCUT2D eigenvalue weighted by molar-refractivity contribution is 6.30. The first kappa shape index (κ1) is 17.6. The van der Waals surface area contributed by atoms with E-state index in [1.165, 1.54) is 0 Å². The molecule has 0 aliphatic heterocycles. The van der Waals surface area contributed by atoms with Crippen molar-refractivity contribution in [1.29, 1.82) is 0 Å². The highest BCUT2D eigenvalue weighted by atomic mass is 35.5. The molecule has 1 aromatic heterocycles. The third-order valence-electron chi connectivity index (χ3n) is 4.29. The van der Waals surface area contributed by atoms with Gasteiger partial charge >= 0.3 is 0 Å². The topological polar surface area (TPSA) is 48.0 Å². The third kappa shape index (κ3) is 3.89. The summed E-state index contributed by atoms with van der Waals surface area (Å²) in [5.41, 5.74) is 10.0. The zero-order valence-corrected chi connectivity index (χ0v) is 15.3. The van der Waals surface area contributed by atoms with Crippen molar-refractivity contribution in [1.82, 2.24) is 4.57 Å². The van der Waals surface area contributed by atoms with E-state index < -0.39 is 5.91 Å². The molecule has 0 radical (unpaired) electrons. The van der Waals surface area contributed by atoms with Gasteiger partial charge < -0.3 is 10.3 Å². The van der Waals surface area contributed by atoms with E-state index in [0.29, 0.717) is 10.6 Å². The SMILES string of the molecule is Cc1c(C(N)=O)cc(-c2ccc(Cl)cc2)n1CCc1cccc(Cl)c1. The van der Waals surface area contributed by atoms with Crippen LogP contribution in [0.1, 0.15) is 21.6 Å². The lowest BCUT2D eigenvalue weighted by Gasteiger charge is -2.12. The van der Waals surface area contributed by atoms with Crippen LogP contribution in [0, 0.1) is 6.92 Å². The Morgan fingerprint density at radius 2 is 1.76 bits per heavy atom. The van der Waals surface area contributed by atoms with Gasteiger partial charge in [0.15, 0.2) is 0 Å². The van der Waals surface area contributed by atoms with Crippen LogP contribution >= 0.6 is 23.2 Å². The van der Waals surface area contributed by atoms with Crippen LogP contribution in [0.2, 0.25) is 10.0 Å². The largest absolute Gasteiger partial charge is 0.366 e. The van der Waals surface area contributed by atoms with Crippen LogP contribution in [0.25, 0.3) is 11.3 Å². The summed E-state index contributed by atoms with van der Waals surface area (Å²) in [7, 11) is 0. The van der Waals surface area contributed by atoms with Crippen molar-refractivity contribution >= 4 is 29.1 Å². The second kappa shape index (κ2) is 7.34. The molecule has 0 aliphatic rings. The molecule has 5 heteroatoms. The van der Waals surface area contributed by atoms with Crippen molar-refractivity contribution in [2.75, 3.05) is 0 Å². The summed E-state index contributed by atoms with van der Waals surface area (Å²) in [4.78, 5) is 11.8. The number of nitrogens with zero attached hydrogens (tertiary/aromatic N) is 1. The van der Waals surface area contributed by atoms with Gasteiger partial charge in [0.05, 0.1) is 5.56 Å². The monoisotopic (exact) mass is 372 g/mol. The molecule has 1 heterocycles. The zero-order chi connectivity index (χ0) is 18.0. The average molecular weight is 373 g/mol. The number of aromatic nitrogens is 1. The van der Waals surface area contributed by atoms with Gasteiger partial charge in [-0.25, -0.2) is 0 Å². The second-order valence-electron chi connectivity index (χ2n) is 5.93. The summed E-state index contributed by atoms with van der Waals surface area (Å²) < 4.78 is 2.12. The van der Waals surface area contributed by atoms with Gasteiger partial charge in [-0.1, -0.05) is 47.5 Å². The van der Waals surface area contributed by atoms with Gasteiger partial charge in [-0.3, -0.25) is 4.79 Å². The maximum absolute atomic E-state index is 11.8. The van der Waals surface area contributed by atoms with E-state index in [9.17, 15) is 4.79 Å². The quantitative estimate of drug-likeness (QED) is 0.664. The lowest BCUT2D eigenvalue weighted by atomic mass is 10.1. The first-order valence-corrected chi connectivity index (χ1v) is 8.71. The van der Waals surface area contributed by atoms with Gasteiger partial charge in [-0.2, -0.15) is 0 Å². The van der Waals surface area contributed by atoms with Crippen molar-refractivity contribution in [3.8, 4) is 11.3 Å². The Morgan fingerprint density at radius 1 is 1.04 bits per heavy atom. The molecule has 25 heavy (non-hydrogen) atoms. The minimum Gasteiger partial charge on any atom is -0.366 e. The number of hydrogen-bond acceptors (Lipinski definition) is 1. The molecular weight excluding hydrogens is 355 g/mol. The molecule has 0 aliphatic carbocycles. The van der Waals surface area contributed by atoms with E-state index in [1.807, 2.05) is 61.5 Å². The summed E-state index contributed by atoms with van der Waals surface area (Å²) in [6.07, 6.45) is 0.800. The van der Waals surface area contributed by atoms with Crippen molar-refractivity contribution in [2.45, 2.75) is 19.9 Å². The van der Waals surface area contributed by atoms with E-state index in [-0.39, 0.29) is 0 Å². The Morgan fingerprint density at radius 3 is 2.40 bits per heavy atom. The van der Waals surface area contributed by atoms with Crippen LogP contribution in [0.15, 0.2) is 54.6 Å². The van der Waals surface area contributed by atoms with Gasteiger partial charge in [0.1, 0.15) is 0 Å². The summed E-state index contributed by atoms with van der Waals surface area (Å²) in [6, 6.07) is 17.2. The van der Waals surface area contributed by atoms with Crippen LogP contribution in [0.5, 0.6) is 0 Å². The molecule has 0 spiro atoms. The molecule has 1 amide bonds. The minimum absolute atomic E-state index is 0.422. The molecule has 2 N–H and O–H groups in total. The van der Waals surface area contributed by atoms with Crippen LogP contribution in [-0.4, -0.2) is 10.5 Å². The summed E-state index contributed by atoms with van der Waals surface area (Å²) in [6.45, 7) is 2.63. The third-order valence-corrected chi connectivity index (χ3v) is 4.77. The fourth-order valence-electron chi connectivity index (χ4n) is 2.98. The number of hydrogen-bond donors (Lipinski definition) is 1. The fraction of sp³-hybridized carbons (Fsp3) is 0.150. The van der Waals surface area contributed by atoms with Gasteiger partial charge in [0.25, 0.3) is 5.91 Å². The number of aryl methyl sites for hydroxylation is 1. The van der Waals surface area contributed by atoms with E-state index in [2.05, 4.69) is 4.57 Å². The average Bonchev–Trinajstić information content (AvgIpc) is 2.91. The van der Waals surface area contributed by atoms with E-state index in [4.69, 9.17) is 28.9 Å². The molecule has 0 unspecified atom stereocenters. The van der Waals surface area contributed by atoms with E-state index in [1.54, 1.807) is 0 Å². The molecule has 3 aromatic rings. The molecule has 0 saturated heterocycles. The number of nitrogens with two attached hydrogens (primary N) is 1. The van der Waals surface area contributed by atoms with E-state index >= 15 is 0 Å². The first-order chi connectivity index (χ1) is 12.0. The van der Waals surface area contributed by atoms with E-state index in [0.717, 1.165) is 40.5 Å². The maximum atomic E-state index is 11.8. The predicted octanol–water partition coefficient (Wildman–Crippen LogP) is 5.11. The lowest BCUT2D eigenvalue weighted by molar-refractivity contribution is 0.0999. The maximum Gasteiger partial charge on any atom is 0.250 e. The fourth-order valence-corrected chi connectivity index (χ4v) is 3.31. The number of benzene rings is 2. The smallest absolute Gasteiger partial charge is 0.250 e. The normalized spacial score (nSPS) is 10.8. The summed E-state index contributed by atoms with van der Waals surface area (Å²) >= 11 is 12.1. The number of amides is 1. The number of carbonyl (C=O) groups is 1. The Bertz CT molecular complexity index is 914. The van der Waals surface area contributed by atoms with Crippen molar-refractivity contribution in [3.05, 3.63) is 81.5 Å². The van der Waals surface area contributed by atoms with Crippen molar-refractivity contribution in [3.63, 3.8) is 0 Å². The first-order valence-electron chi connectivity index (χ1n) is 7.96. The van der Waals surface area contributed by atoms with Crippen molar-refractivity contribution in [2.24, 2.45) is 5.73 Å². The molecule has 3 nitrogen and oxygen atoms in total. The Labute approximate surface area is 157 Å². The van der Waals surface area contributed by atoms with Crippen LogP contribution in [0.3, 0.4) is 0 Å². The minimum atomic E-state index is -0.422. The van der Waals surface area contributed by atoms with Crippen LogP contribution < -0.4 is 5.73 Å².